The van der Waals surface area contributed by atoms with Crippen LogP contribution in [0.4, 0.5) is 0 Å². The van der Waals surface area contributed by atoms with Crippen LogP contribution in [0.3, 0.4) is 0 Å². The van der Waals surface area contributed by atoms with Gasteiger partial charge in [-0.25, -0.2) is 4.98 Å². The fraction of sp³-hybridized carbons (Fsp3) is 0.250. The Labute approximate surface area is 132 Å². The van der Waals surface area contributed by atoms with Crippen LogP contribution in [0.2, 0.25) is 0 Å². The minimum absolute atomic E-state index is 0.0528. The SMILES string of the molecule is COc1ncccc1C(=O)N1CCc2[nH]c(=O)c(C#N)cc2C1. The first-order valence-electron chi connectivity index (χ1n) is 7.07. The molecule has 3 heterocycles. The molecule has 2 aromatic rings. The highest BCUT2D eigenvalue weighted by Gasteiger charge is 2.25. The molecule has 3 rings (SSSR count). The molecule has 7 nitrogen and oxygen atoms in total. The van der Waals surface area contributed by atoms with Crippen molar-refractivity contribution in [1.29, 1.82) is 5.26 Å². The van der Waals surface area contributed by atoms with Crippen molar-refractivity contribution >= 4 is 5.91 Å². The molecule has 0 fully saturated rings. The van der Waals surface area contributed by atoms with E-state index in [1.807, 2.05) is 6.07 Å². The maximum atomic E-state index is 12.7. The van der Waals surface area contributed by atoms with E-state index < -0.39 is 0 Å². The highest BCUT2D eigenvalue weighted by atomic mass is 16.5. The van der Waals surface area contributed by atoms with Gasteiger partial charge in [0.2, 0.25) is 5.88 Å². The largest absolute Gasteiger partial charge is 0.480 e. The van der Waals surface area contributed by atoms with Gasteiger partial charge in [-0.1, -0.05) is 0 Å². The molecule has 1 aliphatic rings. The third kappa shape index (κ3) is 2.66. The molecule has 7 heteroatoms. The molecule has 0 atom stereocenters. The number of methoxy groups -OCH3 is 1. The molecule has 23 heavy (non-hydrogen) atoms. The van der Waals surface area contributed by atoms with Gasteiger partial charge in [0.05, 0.1) is 7.11 Å². The number of nitrogens with zero attached hydrogens (tertiary/aromatic N) is 3. The topological polar surface area (TPSA) is 99.1 Å². The van der Waals surface area contributed by atoms with Gasteiger partial charge >= 0.3 is 0 Å². The van der Waals surface area contributed by atoms with E-state index in [-0.39, 0.29) is 22.9 Å². The predicted molar refractivity (Wildman–Crippen MR) is 81.0 cm³/mol. The van der Waals surface area contributed by atoms with Crippen LogP contribution in [0.25, 0.3) is 0 Å². The van der Waals surface area contributed by atoms with Gasteiger partial charge in [-0.3, -0.25) is 9.59 Å². The molecule has 1 aliphatic heterocycles. The predicted octanol–water partition coefficient (Wildman–Crippen LogP) is 0.849. The lowest BCUT2D eigenvalue weighted by molar-refractivity contribution is 0.0729. The van der Waals surface area contributed by atoms with Crippen molar-refractivity contribution in [3.63, 3.8) is 0 Å². The second kappa shape index (κ2) is 5.93. The van der Waals surface area contributed by atoms with Crippen LogP contribution < -0.4 is 10.3 Å². The molecule has 0 saturated carbocycles. The van der Waals surface area contributed by atoms with Gasteiger partial charge in [0.25, 0.3) is 11.5 Å². The number of aromatic nitrogens is 2. The normalized spacial score (nSPS) is 13.1. The molecule has 1 amide bonds. The van der Waals surface area contributed by atoms with Gasteiger partial charge in [-0.05, 0) is 23.8 Å². The number of nitriles is 1. The Balaban J connectivity index is 1.91. The van der Waals surface area contributed by atoms with Crippen molar-refractivity contribution in [1.82, 2.24) is 14.9 Å². The van der Waals surface area contributed by atoms with Gasteiger partial charge < -0.3 is 14.6 Å². The second-order valence-corrected chi connectivity index (χ2v) is 5.16. The number of hydrogen-bond acceptors (Lipinski definition) is 5. The number of aromatic amines is 1. The number of nitrogens with one attached hydrogen (secondary N) is 1. The van der Waals surface area contributed by atoms with Crippen molar-refractivity contribution in [3.8, 4) is 11.9 Å². The van der Waals surface area contributed by atoms with Crippen molar-refractivity contribution in [3.05, 3.63) is 57.1 Å². The summed E-state index contributed by atoms with van der Waals surface area (Å²) in [5.41, 5.74) is 1.61. The minimum Gasteiger partial charge on any atom is -0.480 e. The summed E-state index contributed by atoms with van der Waals surface area (Å²) >= 11 is 0. The number of hydrogen-bond donors (Lipinski definition) is 1. The summed E-state index contributed by atoms with van der Waals surface area (Å²) in [4.78, 5) is 32.7. The van der Waals surface area contributed by atoms with E-state index in [9.17, 15) is 9.59 Å². The summed E-state index contributed by atoms with van der Waals surface area (Å²) in [6, 6.07) is 6.76. The fourth-order valence-corrected chi connectivity index (χ4v) is 2.65. The van der Waals surface area contributed by atoms with E-state index in [0.29, 0.717) is 25.1 Å². The lowest BCUT2D eigenvalue weighted by Crippen LogP contribution is -2.37. The second-order valence-electron chi connectivity index (χ2n) is 5.16. The van der Waals surface area contributed by atoms with Crippen LogP contribution >= 0.6 is 0 Å². The van der Waals surface area contributed by atoms with E-state index in [1.54, 1.807) is 29.3 Å². The number of H-pyrrole nitrogens is 1. The van der Waals surface area contributed by atoms with Gasteiger partial charge in [-0.15, -0.1) is 0 Å². The Kier molecular flexibility index (Phi) is 3.81. The summed E-state index contributed by atoms with van der Waals surface area (Å²) in [7, 11) is 1.47. The lowest BCUT2D eigenvalue weighted by Gasteiger charge is -2.28. The quantitative estimate of drug-likeness (QED) is 0.886. The molecule has 0 spiro atoms. The average molecular weight is 310 g/mol. The third-order valence-electron chi connectivity index (χ3n) is 3.81. The number of ether oxygens (including phenoxy) is 1. The van der Waals surface area contributed by atoms with E-state index in [0.717, 1.165) is 11.3 Å². The fourth-order valence-electron chi connectivity index (χ4n) is 2.65. The molecular weight excluding hydrogens is 296 g/mol. The minimum atomic E-state index is -0.389. The van der Waals surface area contributed by atoms with Crippen molar-refractivity contribution in [2.75, 3.05) is 13.7 Å². The zero-order valence-corrected chi connectivity index (χ0v) is 12.5. The molecule has 116 valence electrons. The average Bonchev–Trinajstić information content (AvgIpc) is 2.60. The Hall–Kier alpha value is -3.14. The summed E-state index contributed by atoms with van der Waals surface area (Å²) in [5.74, 6) is 0.0905. The zero-order valence-electron chi connectivity index (χ0n) is 12.5. The van der Waals surface area contributed by atoms with Gasteiger partial charge in [0.15, 0.2) is 0 Å². The van der Waals surface area contributed by atoms with Crippen molar-refractivity contribution in [2.24, 2.45) is 0 Å². The number of amides is 1. The maximum Gasteiger partial charge on any atom is 0.266 e. The zero-order chi connectivity index (χ0) is 16.4. The molecular formula is C16H14N4O3. The summed E-state index contributed by atoms with van der Waals surface area (Å²) in [6.07, 6.45) is 2.09. The van der Waals surface area contributed by atoms with E-state index >= 15 is 0 Å². The van der Waals surface area contributed by atoms with Crippen molar-refractivity contribution in [2.45, 2.75) is 13.0 Å². The van der Waals surface area contributed by atoms with E-state index in [1.165, 1.54) is 7.11 Å². The first-order valence-corrected chi connectivity index (χ1v) is 7.07. The lowest BCUT2D eigenvalue weighted by atomic mass is 10.0. The smallest absolute Gasteiger partial charge is 0.266 e. The summed E-state index contributed by atoms with van der Waals surface area (Å²) < 4.78 is 5.13. The Bertz CT molecular complexity index is 866. The summed E-state index contributed by atoms with van der Waals surface area (Å²) in [5, 5.41) is 8.97. The molecule has 0 saturated heterocycles. The molecule has 0 unspecified atom stereocenters. The molecule has 0 bridgehead atoms. The molecule has 0 radical (unpaired) electrons. The van der Waals surface area contributed by atoms with E-state index in [2.05, 4.69) is 9.97 Å². The van der Waals surface area contributed by atoms with Crippen LogP contribution in [0.1, 0.15) is 27.2 Å². The number of carbonyl (C=O) groups is 1. The monoisotopic (exact) mass is 310 g/mol. The maximum absolute atomic E-state index is 12.7. The third-order valence-corrected chi connectivity index (χ3v) is 3.81. The molecule has 1 N–H and O–H groups in total. The van der Waals surface area contributed by atoms with Crippen LogP contribution in [0, 0.1) is 11.3 Å². The molecule has 0 aliphatic carbocycles. The highest BCUT2D eigenvalue weighted by molar-refractivity contribution is 5.96. The van der Waals surface area contributed by atoms with Crippen LogP contribution in [-0.2, 0) is 13.0 Å². The van der Waals surface area contributed by atoms with E-state index in [4.69, 9.17) is 10.00 Å². The molecule has 0 aromatic carbocycles. The number of rotatable bonds is 2. The summed E-state index contributed by atoms with van der Waals surface area (Å²) in [6.45, 7) is 0.809. The molecule has 2 aromatic heterocycles. The first kappa shape index (κ1) is 14.8. The van der Waals surface area contributed by atoms with Gasteiger partial charge in [0.1, 0.15) is 17.2 Å². The number of fused-ring (bicyclic) bond motifs is 1. The Morgan fingerprint density at radius 3 is 3.09 bits per heavy atom. The van der Waals surface area contributed by atoms with Crippen LogP contribution in [0.5, 0.6) is 5.88 Å². The number of carbonyl (C=O) groups excluding carboxylic acids is 1. The number of pyridine rings is 2. The van der Waals surface area contributed by atoms with Gasteiger partial charge in [-0.2, -0.15) is 5.26 Å². The Morgan fingerprint density at radius 2 is 2.35 bits per heavy atom. The van der Waals surface area contributed by atoms with Crippen LogP contribution in [0.15, 0.2) is 29.2 Å². The first-order chi connectivity index (χ1) is 11.1. The highest BCUT2D eigenvalue weighted by Crippen LogP contribution is 2.22. The standard InChI is InChI=1S/C16H14N4O3/c1-23-15-12(3-2-5-18-15)16(22)20-6-4-13-11(9-20)7-10(8-17)14(21)19-13/h2-3,5,7H,4,6,9H2,1H3,(H,19,21). The van der Waals surface area contributed by atoms with Crippen molar-refractivity contribution < 1.29 is 9.53 Å². The van der Waals surface area contributed by atoms with Crippen LogP contribution in [-0.4, -0.2) is 34.4 Å². The Morgan fingerprint density at radius 1 is 1.52 bits per heavy atom. The van der Waals surface area contributed by atoms with Gasteiger partial charge in [0, 0.05) is 31.4 Å².